The number of nitrogens with zero attached hydrogens (tertiary/aromatic N) is 3. The van der Waals surface area contributed by atoms with Crippen molar-refractivity contribution in [2.75, 3.05) is 21.3 Å². The van der Waals surface area contributed by atoms with Gasteiger partial charge >= 0.3 is 0 Å². The second-order valence-electron chi connectivity index (χ2n) is 7.50. The molecule has 0 radical (unpaired) electrons. The van der Waals surface area contributed by atoms with Crippen molar-refractivity contribution < 1.29 is 14.3 Å². The van der Waals surface area contributed by atoms with Crippen LogP contribution in [0.5, 0.6) is 5.88 Å². The fourth-order valence-corrected chi connectivity index (χ4v) is 5.53. The first-order valence-corrected chi connectivity index (χ1v) is 10.2. The van der Waals surface area contributed by atoms with Crippen LogP contribution in [0.25, 0.3) is 10.2 Å². The van der Waals surface area contributed by atoms with E-state index in [0.29, 0.717) is 30.4 Å². The van der Waals surface area contributed by atoms with Crippen molar-refractivity contribution in [1.29, 1.82) is 0 Å². The molecule has 27 heavy (non-hydrogen) atoms. The second-order valence-corrected chi connectivity index (χ2v) is 8.50. The van der Waals surface area contributed by atoms with Gasteiger partial charge in [0, 0.05) is 32.3 Å². The highest BCUT2D eigenvalue weighted by atomic mass is 32.1. The Kier molecular flexibility index (Phi) is 5.05. The van der Waals surface area contributed by atoms with Crippen LogP contribution in [0.15, 0.2) is 0 Å². The lowest BCUT2D eigenvalue weighted by Crippen LogP contribution is -2.48. The van der Waals surface area contributed by atoms with E-state index in [1.807, 2.05) is 18.9 Å². The molecule has 4 rings (SSSR count). The first-order valence-electron chi connectivity index (χ1n) is 9.38. The molecule has 2 aromatic heterocycles. The van der Waals surface area contributed by atoms with Gasteiger partial charge in [0.15, 0.2) is 5.82 Å². The number of aryl methyl sites for hydroxylation is 1. The summed E-state index contributed by atoms with van der Waals surface area (Å²) in [5.74, 6) is 1.13. The fraction of sp³-hybridized carbons (Fsp3) is 0.632. The minimum absolute atomic E-state index is 0.0668. The molecule has 4 heterocycles. The van der Waals surface area contributed by atoms with Gasteiger partial charge in [0.05, 0.1) is 17.4 Å². The van der Waals surface area contributed by atoms with E-state index < -0.39 is 0 Å². The lowest BCUT2D eigenvalue weighted by atomic mass is 9.98. The molecular weight excluding hydrogens is 364 g/mol. The van der Waals surface area contributed by atoms with Gasteiger partial charge in [-0.25, -0.2) is 4.98 Å². The number of hydrogen-bond donors (Lipinski definition) is 1. The Morgan fingerprint density at radius 1 is 1.26 bits per heavy atom. The summed E-state index contributed by atoms with van der Waals surface area (Å²) in [4.78, 5) is 25.7. The fourth-order valence-electron chi connectivity index (χ4n) is 4.36. The third-order valence-corrected chi connectivity index (χ3v) is 6.95. The van der Waals surface area contributed by atoms with Crippen LogP contribution >= 0.6 is 11.3 Å². The highest BCUT2D eigenvalue weighted by Gasteiger charge is 2.37. The van der Waals surface area contributed by atoms with Gasteiger partial charge in [-0.3, -0.25) is 4.79 Å². The molecule has 2 aliphatic rings. The van der Waals surface area contributed by atoms with Gasteiger partial charge in [-0.1, -0.05) is 0 Å². The molecule has 0 saturated carbocycles. The molecule has 2 saturated heterocycles. The van der Waals surface area contributed by atoms with Gasteiger partial charge in [0.2, 0.25) is 5.88 Å². The number of thiophene rings is 1. The van der Waals surface area contributed by atoms with E-state index in [9.17, 15) is 4.79 Å². The molecular formula is C19H26N4O3S. The summed E-state index contributed by atoms with van der Waals surface area (Å²) in [5.41, 5.74) is 0.893. The average Bonchev–Trinajstić information content (AvgIpc) is 3.18. The quantitative estimate of drug-likeness (QED) is 0.845. The maximum Gasteiger partial charge on any atom is 0.264 e. The third kappa shape index (κ3) is 3.30. The largest absolute Gasteiger partial charge is 0.480 e. The summed E-state index contributed by atoms with van der Waals surface area (Å²) in [6.07, 6.45) is 4.51. The van der Waals surface area contributed by atoms with Gasteiger partial charge in [0.25, 0.3) is 5.91 Å². The van der Waals surface area contributed by atoms with Crippen molar-refractivity contribution in [3.8, 4) is 5.88 Å². The topological polar surface area (TPSA) is 76.6 Å². The molecule has 2 fully saturated rings. The van der Waals surface area contributed by atoms with Crippen molar-refractivity contribution in [1.82, 2.24) is 20.2 Å². The number of amides is 1. The average molecular weight is 391 g/mol. The molecule has 0 aliphatic carbocycles. The summed E-state index contributed by atoms with van der Waals surface area (Å²) in [5, 5.41) is 4.46. The number of rotatable bonds is 5. The third-order valence-electron chi connectivity index (χ3n) is 5.78. The number of carbonyl (C=O) groups is 1. The molecule has 1 amide bonds. The van der Waals surface area contributed by atoms with Crippen molar-refractivity contribution >= 4 is 27.5 Å². The minimum Gasteiger partial charge on any atom is -0.480 e. The van der Waals surface area contributed by atoms with Crippen LogP contribution in [0.4, 0.5) is 0 Å². The van der Waals surface area contributed by atoms with Crippen molar-refractivity contribution in [3.05, 3.63) is 16.3 Å². The van der Waals surface area contributed by atoms with Gasteiger partial charge < -0.3 is 19.7 Å². The zero-order valence-corrected chi connectivity index (χ0v) is 17.1. The summed E-state index contributed by atoms with van der Waals surface area (Å²) in [6.45, 7) is 2.26. The van der Waals surface area contributed by atoms with E-state index in [2.05, 4.69) is 15.3 Å². The van der Waals surface area contributed by atoms with Gasteiger partial charge in [-0.15, -0.1) is 11.3 Å². The van der Waals surface area contributed by atoms with Crippen LogP contribution in [0, 0.1) is 6.92 Å². The predicted octanol–water partition coefficient (Wildman–Crippen LogP) is 2.51. The standard InChI is InChI=1S/C19H26N4O3S/c1-10-15-17(26-4)21-14(9-25-3)22-18(15)27-16(10)19(24)23(2)13-7-11-5-6-12(8-13)20-11/h11-13,20H,5-9H2,1-4H3. The number of hydrogen-bond acceptors (Lipinski definition) is 7. The van der Waals surface area contributed by atoms with E-state index in [1.54, 1.807) is 14.2 Å². The lowest BCUT2D eigenvalue weighted by Gasteiger charge is -2.35. The van der Waals surface area contributed by atoms with Gasteiger partial charge in [-0.2, -0.15) is 4.98 Å². The van der Waals surface area contributed by atoms with E-state index in [1.165, 1.54) is 24.2 Å². The number of aromatic nitrogens is 2. The van der Waals surface area contributed by atoms with Crippen LogP contribution in [0.1, 0.15) is 46.7 Å². The minimum atomic E-state index is 0.0668. The van der Waals surface area contributed by atoms with Crippen LogP contribution in [-0.4, -0.2) is 60.2 Å². The van der Waals surface area contributed by atoms with Crippen molar-refractivity contribution in [2.45, 2.75) is 57.3 Å². The smallest absolute Gasteiger partial charge is 0.264 e. The van der Waals surface area contributed by atoms with E-state index in [4.69, 9.17) is 9.47 Å². The van der Waals surface area contributed by atoms with Crippen LogP contribution in [0.2, 0.25) is 0 Å². The monoisotopic (exact) mass is 390 g/mol. The molecule has 146 valence electrons. The summed E-state index contributed by atoms with van der Waals surface area (Å²) in [6, 6.07) is 1.39. The Hall–Kier alpha value is -1.77. The Balaban J connectivity index is 1.66. The number of nitrogens with one attached hydrogen (secondary N) is 1. The number of methoxy groups -OCH3 is 2. The Morgan fingerprint density at radius 2 is 1.96 bits per heavy atom. The maximum atomic E-state index is 13.3. The molecule has 2 aromatic rings. The highest BCUT2D eigenvalue weighted by molar-refractivity contribution is 7.20. The normalized spacial score (nSPS) is 24.4. The molecule has 0 spiro atoms. The van der Waals surface area contributed by atoms with Crippen LogP contribution in [0.3, 0.4) is 0 Å². The number of ether oxygens (including phenoxy) is 2. The summed E-state index contributed by atoms with van der Waals surface area (Å²) >= 11 is 1.42. The lowest BCUT2D eigenvalue weighted by molar-refractivity contribution is 0.0686. The zero-order chi connectivity index (χ0) is 19.1. The molecule has 8 heteroatoms. The molecule has 2 atom stereocenters. The maximum absolute atomic E-state index is 13.3. The van der Waals surface area contributed by atoms with Crippen LogP contribution < -0.4 is 10.1 Å². The number of piperidine rings is 1. The Morgan fingerprint density at radius 3 is 2.59 bits per heavy atom. The first-order chi connectivity index (χ1) is 13.0. The number of carbonyl (C=O) groups excluding carboxylic acids is 1. The van der Waals surface area contributed by atoms with Crippen LogP contribution in [-0.2, 0) is 11.3 Å². The molecule has 2 bridgehead atoms. The second kappa shape index (κ2) is 7.33. The molecule has 2 aliphatic heterocycles. The highest BCUT2D eigenvalue weighted by Crippen LogP contribution is 2.37. The Bertz CT molecular complexity index is 856. The van der Waals surface area contributed by atoms with E-state index in [-0.39, 0.29) is 11.9 Å². The number of fused-ring (bicyclic) bond motifs is 3. The molecule has 1 N–H and O–H groups in total. The predicted molar refractivity (Wildman–Crippen MR) is 104 cm³/mol. The Labute approximate surface area is 163 Å². The van der Waals surface area contributed by atoms with Gasteiger partial charge in [0.1, 0.15) is 11.4 Å². The van der Waals surface area contributed by atoms with Crippen molar-refractivity contribution in [2.24, 2.45) is 0 Å². The zero-order valence-electron chi connectivity index (χ0n) is 16.2. The van der Waals surface area contributed by atoms with E-state index in [0.717, 1.165) is 33.5 Å². The molecule has 7 nitrogen and oxygen atoms in total. The summed E-state index contributed by atoms with van der Waals surface area (Å²) < 4.78 is 10.6. The van der Waals surface area contributed by atoms with Gasteiger partial charge in [-0.05, 0) is 38.2 Å². The van der Waals surface area contributed by atoms with Crippen molar-refractivity contribution in [3.63, 3.8) is 0 Å². The SMILES string of the molecule is COCc1nc(OC)c2c(C)c(C(=O)N(C)C3CC4CCC(C3)N4)sc2n1. The molecule has 2 unspecified atom stereocenters. The first kappa shape index (κ1) is 18.6. The summed E-state index contributed by atoms with van der Waals surface area (Å²) in [7, 11) is 5.13. The molecule has 0 aromatic carbocycles. The van der Waals surface area contributed by atoms with E-state index >= 15 is 0 Å².